The smallest absolute Gasteiger partial charge is 0.279 e. The summed E-state index contributed by atoms with van der Waals surface area (Å²) in [5.74, 6) is 0.152. The predicted octanol–water partition coefficient (Wildman–Crippen LogP) is 3.18. The first kappa shape index (κ1) is 17.0. The van der Waals surface area contributed by atoms with Gasteiger partial charge in [-0.1, -0.05) is 44.2 Å². The van der Waals surface area contributed by atoms with Crippen molar-refractivity contribution in [3.05, 3.63) is 64.6 Å². The Bertz CT molecular complexity index is 1170. The second kappa shape index (κ2) is 6.68. The second-order valence-electron chi connectivity index (χ2n) is 6.83. The van der Waals surface area contributed by atoms with Gasteiger partial charge in [0.25, 0.3) is 11.5 Å². The highest BCUT2D eigenvalue weighted by Crippen LogP contribution is 2.17. The Kier molecular flexibility index (Phi) is 4.19. The van der Waals surface area contributed by atoms with Gasteiger partial charge in [0.05, 0.1) is 16.4 Å². The first-order valence-electron chi connectivity index (χ1n) is 8.79. The summed E-state index contributed by atoms with van der Waals surface area (Å²) in [7, 11) is 0. The van der Waals surface area contributed by atoms with Gasteiger partial charge in [-0.2, -0.15) is 5.10 Å². The zero-order valence-corrected chi connectivity index (χ0v) is 15.1. The first-order valence-corrected chi connectivity index (χ1v) is 8.79. The van der Waals surface area contributed by atoms with Crippen molar-refractivity contribution in [1.82, 2.24) is 19.7 Å². The standard InChI is InChI=1S/C20H19N5O2/c1-12(2)11-25-19(27)14-8-4-3-7-13(14)17(24-25)18(26)23-20-21-15-9-5-6-10-16(15)22-20/h3-10,12H,11H2,1-2H3,(H2,21,22,23,26). The predicted molar refractivity (Wildman–Crippen MR) is 105 cm³/mol. The number of hydrogen-bond acceptors (Lipinski definition) is 4. The Morgan fingerprint density at radius 3 is 2.56 bits per heavy atom. The van der Waals surface area contributed by atoms with E-state index in [4.69, 9.17) is 0 Å². The maximum absolute atomic E-state index is 12.9. The summed E-state index contributed by atoms with van der Waals surface area (Å²) >= 11 is 0. The molecule has 2 N–H and O–H groups in total. The Morgan fingerprint density at radius 2 is 1.81 bits per heavy atom. The third-order valence-corrected chi connectivity index (χ3v) is 4.24. The SMILES string of the molecule is CC(C)Cn1nc(C(=O)Nc2nc3ccccc3[nH]2)c2ccccc2c1=O. The molecule has 4 aromatic rings. The van der Waals surface area contributed by atoms with Crippen LogP contribution in [0.1, 0.15) is 24.3 Å². The van der Waals surface area contributed by atoms with E-state index in [1.807, 2.05) is 38.1 Å². The number of rotatable bonds is 4. The van der Waals surface area contributed by atoms with Crippen molar-refractivity contribution in [2.75, 3.05) is 5.32 Å². The van der Waals surface area contributed by atoms with Crippen LogP contribution in [0.4, 0.5) is 5.95 Å². The van der Waals surface area contributed by atoms with Gasteiger partial charge >= 0.3 is 0 Å². The molecule has 7 heteroatoms. The topological polar surface area (TPSA) is 92.7 Å². The molecule has 0 fully saturated rings. The third kappa shape index (κ3) is 3.19. The number of nitrogens with zero attached hydrogens (tertiary/aromatic N) is 3. The summed E-state index contributed by atoms with van der Waals surface area (Å²) < 4.78 is 1.36. The largest absolute Gasteiger partial charge is 0.324 e. The lowest BCUT2D eigenvalue weighted by Gasteiger charge is -2.12. The minimum absolute atomic E-state index is 0.195. The van der Waals surface area contributed by atoms with Crippen molar-refractivity contribution in [3.8, 4) is 0 Å². The molecule has 0 saturated carbocycles. The van der Waals surface area contributed by atoms with Gasteiger partial charge in [0.15, 0.2) is 5.69 Å². The number of carbonyl (C=O) groups is 1. The van der Waals surface area contributed by atoms with Crippen LogP contribution in [0.15, 0.2) is 53.3 Å². The number of para-hydroxylation sites is 2. The van der Waals surface area contributed by atoms with Crippen LogP contribution in [0, 0.1) is 5.92 Å². The average Bonchev–Trinajstić information content (AvgIpc) is 3.06. The quantitative estimate of drug-likeness (QED) is 0.584. The normalized spacial score (nSPS) is 11.4. The minimum Gasteiger partial charge on any atom is -0.324 e. The van der Waals surface area contributed by atoms with Crippen LogP contribution < -0.4 is 10.9 Å². The molecule has 2 aromatic carbocycles. The second-order valence-corrected chi connectivity index (χ2v) is 6.83. The molecule has 0 aliphatic rings. The van der Waals surface area contributed by atoms with Crippen LogP contribution in [-0.2, 0) is 6.54 Å². The molecule has 2 aromatic heterocycles. The minimum atomic E-state index is -0.414. The van der Waals surface area contributed by atoms with Crippen LogP contribution in [0.5, 0.6) is 0 Å². The number of H-pyrrole nitrogens is 1. The van der Waals surface area contributed by atoms with E-state index in [-0.39, 0.29) is 17.2 Å². The highest BCUT2D eigenvalue weighted by Gasteiger charge is 2.18. The summed E-state index contributed by atoms with van der Waals surface area (Å²) in [4.78, 5) is 33.0. The zero-order valence-electron chi connectivity index (χ0n) is 15.1. The molecule has 27 heavy (non-hydrogen) atoms. The Labute approximate surface area is 155 Å². The molecule has 0 saturated heterocycles. The van der Waals surface area contributed by atoms with Gasteiger partial charge in [-0.15, -0.1) is 0 Å². The number of carbonyl (C=O) groups excluding carboxylic acids is 1. The van der Waals surface area contributed by atoms with Crippen molar-refractivity contribution in [2.45, 2.75) is 20.4 Å². The van der Waals surface area contributed by atoms with Crippen molar-refractivity contribution in [3.63, 3.8) is 0 Å². The van der Waals surface area contributed by atoms with E-state index in [1.165, 1.54) is 4.68 Å². The summed E-state index contributed by atoms with van der Waals surface area (Å²) in [6.45, 7) is 4.43. The van der Waals surface area contributed by atoms with Gasteiger partial charge in [0, 0.05) is 11.9 Å². The first-order chi connectivity index (χ1) is 13.0. The molecule has 0 bridgehead atoms. The van der Waals surface area contributed by atoms with E-state index in [0.717, 1.165) is 11.0 Å². The van der Waals surface area contributed by atoms with Gasteiger partial charge in [0.1, 0.15) is 0 Å². The lowest BCUT2D eigenvalue weighted by Crippen LogP contribution is -2.29. The highest BCUT2D eigenvalue weighted by atomic mass is 16.2. The maximum atomic E-state index is 12.9. The van der Waals surface area contributed by atoms with Crippen LogP contribution in [0.3, 0.4) is 0 Å². The molecule has 1 amide bonds. The van der Waals surface area contributed by atoms with Crippen molar-refractivity contribution in [2.24, 2.45) is 5.92 Å². The maximum Gasteiger partial charge on any atom is 0.279 e. The molecule has 2 heterocycles. The molecular weight excluding hydrogens is 342 g/mol. The molecule has 0 unspecified atom stereocenters. The van der Waals surface area contributed by atoms with Crippen molar-refractivity contribution in [1.29, 1.82) is 0 Å². The molecule has 0 radical (unpaired) electrons. The number of benzene rings is 2. The number of aromatic amines is 1. The van der Waals surface area contributed by atoms with Gasteiger partial charge in [-0.3, -0.25) is 14.9 Å². The van der Waals surface area contributed by atoms with Gasteiger partial charge < -0.3 is 4.98 Å². The fraction of sp³-hybridized carbons (Fsp3) is 0.200. The summed E-state index contributed by atoms with van der Waals surface area (Å²) in [6, 6.07) is 14.5. The zero-order chi connectivity index (χ0) is 19.0. The van der Waals surface area contributed by atoms with E-state index in [0.29, 0.717) is 23.3 Å². The van der Waals surface area contributed by atoms with Crippen LogP contribution in [-0.4, -0.2) is 25.7 Å². The van der Waals surface area contributed by atoms with Gasteiger partial charge in [0.2, 0.25) is 5.95 Å². The molecule has 0 aliphatic heterocycles. The number of hydrogen-bond donors (Lipinski definition) is 2. The number of aromatic nitrogens is 4. The molecule has 0 spiro atoms. The fourth-order valence-corrected chi connectivity index (χ4v) is 3.05. The van der Waals surface area contributed by atoms with Crippen molar-refractivity contribution < 1.29 is 4.79 Å². The van der Waals surface area contributed by atoms with Gasteiger partial charge in [-0.25, -0.2) is 9.67 Å². The van der Waals surface area contributed by atoms with E-state index >= 15 is 0 Å². The molecule has 136 valence electrons. The lowest BCUT2D eigenvalue weighted by atomic mass is 10.1. The van der Waals surface area contributed by atoms with Crippen LogP contribution in [0.25, 0.3) is 21.8 Å². The number of imidazole rings is 1. The molecule has 0 atom stereocenters. The molecular formula is C20H19N5O2. The van der Waals surface area contributed by atoms with Crippen LogP contribution >= 0.6 is 0 Å². The summed E-state index contributed by atoms with van der Waals surface area (Å²) in [6.07, 6.45) is 0. The fourth-order valence-electron chi connectivity index (χ4n) is 3.05. The van der Waals surface area contributed by atoms with E-state index < -0.39 is 5.91 Å². The Morgan fingerprint density at radius 1 is 1.11 bits per heavy atom. The van der Waals surface area contributed by atoms with Crippen molar-refractivity contribution >= 4 is 33.7 Å². The van der Waals surface area contributed by atoms with E-state index in [2.05, 4.69) is 20.4 Å². The molecule has 4 rings (SSSR count). The molecule has 7 nitrogen and oxygen atoms in total. The number of anilines is 1. The average molecular weight is 361 g/mol. The third-order valence-electron chi connectivity index (χ3n) is 4.24. The Balaban J connectivity index is 1.78. The van der Waals surface area contributed by atoms with Crippen LogP contribution in [0.2, 0.25) is 0 Å². The van der Waals surface area contributed by atoms with E-state index in [9.17, 15) is 9.59 Å². The number of nitrogens with one attached hydrogen (secondary N) is 2. The highest BCUT2D eigenvalue weighted by molar-refractivity contribution is 6.10. The van der Waals surface area contributed by atoms with E-state index in [1.54, 1.807) is 24.3 Å². The molecule has 0 aliphatic carbocycles. The lowest BCUT2D eigenvalue weighted by molar-refractivity contribution is 0.102. The Hall–Kier alpha value is -3.48. The van der Waals surface area contributed by atoms with Gasteiger partial charge in [-0.05, 0) is 24.1 Å². The monoisotopic (exact) mass is 361 g/mol. The summed E-state index contributed by atoms with van der Waals surface area (Å²) in [5.41, 5.74) is 1.59. The number of amides is 1. The summed E-state index contributed by atoms with van der Waals surface area (Å²) in [5, 5.41) is 8.10. The number of fused-ring (bicyclic) bond motifs is 2.